The molecule has 1 aliphatic heterocycles. The van der Waals surface area contributed by atoms with E-state index in [1.54, 1.807) is 36.3 Å². The third-order valence-electron chi connectivity index (χ3n) is 5.63. The van der Waals surface area contributed by atoms with Gasteiger partial charge in [0, 0.05) is 48.9 Å². The van der Waals surface area contributed by atoms with Gasteiger partial charge in [-0.05, 0) is 49.2 Å². The normalized spacial score (nSPS) is 15.9. The summed E-state index contributed by atoms with van der Waals surface area (Å²) in [5.74, 6) is -0.793. The van der Waals surface area contributed by atoms with Gasteiger partial charge in [0.15, 0.2) is 0 Å². The van der Waals surface area contributed by atoms with Crippen LogP contribution in [-0.2, 0) is 19.6 Å². The van der Waals surface area contributed by atoms with E-state index in [4.69, 9.17) is 9.94 Å². The molecule has 2 aromatic carbocycles. The summed E-state index contributed by atoms with van der Waals surface area (Å²) in [5.41, 5.74) is 2.79. The lowest BCUT2D eigenvalue weighted by molar-refractivity contribution is -0.130. The average molecular weight is 508 g/mol. The predicted octanol–water partition coefficient (Wildman–Crippen LogP) is 3.00. The maximum Gasteiger partial charge on any atom is 0.243 e. The van der Waals surface area contributed by atoms with E-state index in [0.717, 1.165) is 22.9 Å². The average Bonchev–Trinajstić information content (AvgIpc) is 2.82. The molecule has 1 saturated heterocycles. The van der Waals surface area contributed by atoms with Crippen molar-refractivity contribution in [3.8, 4) is 0 Å². The monoisotopic (exact) mass is 507 g/mol. The lowest BCUT2D eigenvalue weighted by Crippen LogP contribution is -2.44. The number of hydrogen-bond acceptors (Lipinski definition) is 7. The fraction of sp³-hybridized carbons (Fsp3) is 0.458. The third kappa shape index (κ3) is 7.79. The van der Waals surface area contributed by atoms with Crippen molar-refractivity contribution in [2.45, 2.75) is 35.0 Å². The minimum atomic E-state index is -3.76. The second-order valence-corrected chi connectivity index (χ2v) is 11.6. The van der Waals surface area contributed by atoms with Crippen molar-refractivity contribution in [1.29, 1.82) is 0 Å². The molecule has 0 spiro atoms. The molecular weight excluding hydrogens is 474 g/mol. The van der Waals surface area contributed by atoms with Crippen molar-refractivity contribution in [2.75, 3.05) is 45.9 Å². The minimum Gasteiger partial charge on any atom is -0.379 e. The maximum absolute atomic E-state index is 13.5. The van der Waals surface area contributed by atoms with Gasteiger partial charge in [0.05, 0.1) is 18.1 Å². The van der Waals surface area contributed by atoms with Gasteiger partial charge in [-0.2, -0.15) is 4.31 Å². The number of aryl methyl sites for hydroxylation is 1. The smallest absolute Gasteiger partial charge is 0.243 e. The standard InChI is InChI=1S/C24H33N3O5S2/c1-19-4-3-5-22(16-19)33-21-6-8-23(9-7-21)34(30,31)27(18-20(2)17-24(28)25-29)11-10-26-12-14-32-15-13-26/h3-9,16,20,29H,10-15,17-18H2,1-2H3,(H,25,28). The van der Waals surface area contributed by atoms with Crippen molar-refractivity contribution in [3.05, 3.63) is 54.1 Å². The number of nitrogens with zero attached hydrogens (tertiary/aromatic N) is 2. The molecule has 1 heterocycles. The van der Waals surface area contributed by atoms with Crippen LogP contribution in [0, 0.1) is 12.8 Å². The number of carbonyl (C=O) groups is 1. The second-order valence-electron chi connectivity index (χ2n) is 8.55. The molecule has 1 fully saturated rings. The van der Waals surface area contributed by atoms with Crippen LogP contribution in [0.1, 0.15) is 18.9 Å². The molecule has 1 amide bonds. The molecule has 10 heteroatoms. The van der Waals surface area contributed by atoms with Crippen LogP contribution >= 0.6 is 11.8 Å². The summed E-state index contributed by atoms with van der Waals surface area (Å²) in [6, 6.07) is 15.1. The summed E-state index contributed by atoms with van der Waals surface area (Å²) < 4.78 is 33.9. The first-order valence-electron chi connectivity index (χ1n) is 11.4. The molecule has 0 aliphatic carbocycles. The number of rotatable bonds is 11. The Kier molecular flexibility index (Phi) is 9.93. The maximum atomic E-state index is 13.5. The van der Waals surface area contributed by atoms with E-state index in [1.807, 2.05) is 37.3 Å². The Balaban J connectivity index is 1.74. The Morgan fingerprint density at radius 2 is 1.88 bits per heavy atom. The van der Waals surface area contributed by atoms with E-state index in [1.165, 1.54) is 9.87 Å². The van der Waals surface area contributed by atoms with Crippen LogP contribution in [0.15, 0.2) is 63.2 Å². The van der Waals surface area contributed by atoms with Crippen molar-refractivity contribution in [2.24, 2.45) is 5.92 Å². The third-order valence-corrected chi connectivity index (χ3v) is 8.51. The molecule has 186 valence electrons. The number of sulfonamides is 1. The molecule has 34 heavy (non-hydrogen) atoms. The molecule has 1 atom stereocenters. The predicted molar refractivity (Wildman–Crippen MR) is 131 cm³/mol. The zero-order chi connectivity index (χ0) is 24.6. The van der Waals surface area contributed by atoms with Crippen molar-refractivity contribution in [3.63, 3.8) is 0 Å². The molecule has 1 aliphatic rings. The highest BCUT2D eigenvalue weighted by atomic mass is 32.2. The van der Waals surface area contributed by atoms with Crippen molar-refractivity contribution >= 4 is 27.7 Å². The zero-order valence-electron chi connectivity index (χ0n) is 19.6. The summed E-state index contributed by atoms with van der Waals surface area (Å²) in [7, 11) is -3.76. The fourth-order valence-electron chi connectivity index (χ4n) is 3.81. The van der Waals surface area contributed by atoms with Crippen LogP contribution in [0.5, 0.6) is 0 Å². The van der Waals surface area contributed by atoms with Crippen LogP contribution in [0.4, 0.5) is 0 Å². The number of hydroxylamine groups is 1. The summed E-state index contributed by atoms with van der Waals surface area (Å²) in [6.45, 7) is 7.72. The molecular formula is C24H33N3O5S2. The first-order valence-corrected chi connectivity index (χ1v) is 13.6. The number of amides is 1. The van der Waals surface area contributed by atoms with Gasteiger partial charge < -0.3 is 4.74 Å². The highest BCUT2D eigenvalue weighted by Crippen LogP contribution is 2.29. The Labute approximate surface area is 206 Å². The SMILES string of the molecule is Cc1cccc(Sc2ccc(S(=O)(=O)N(CCN3CCOCC3)CC(C)CC(=O)NO)cc2)c1. The summed E-state index contributed by atoms with van der Waals surface area (Å²) in [5, 5.41) is 8.82. The van der Waals surface area contributed by atoms with Crippen molar-refractivity contribution in [1.82, 2.24) is 14.7 Å². The lowest BCUT2D eigenvalue weighted by atomic mass is 10.1. The van der Waals surface area contributed by atoms with Crippen LogP contribution in [0.25, 0.3) is 0 Å². The van der Waals surface area contributed by atoms with Crippen LogP contribution in [0.3, 0.4) is 0 Å². The molecule has 3 rings (SSSR count). The van der Waals surface area contributed by atoms with Gasteiger partial charge in [0.1, 0.15) is 0 Å². The molecule has 0 saturated carbocycles. The van der Waals surface area contributed by atoms with Gasteiger partial charge >= 0.3 is 0 Å². The molecule has 8 nitrogen and oxygen atoms in total. The molecule has 2 aromatic rings. The Morgan fingerprint density at radius 3 is 2.53 bits per heavy atom. The number of hydrogen-bond donors (Lipinski definition) is 2. The van der Waals surface area contributed by atoms with Crippen LogP contribution < -0.4 is 5.48 Å². The Bertz CT molecular complexity index is 1040. The molecule has 1 unspecified atom stereocenters. The summed E-state index contributed by atoms with van der Waals surface area (Å²) >= 11 is 1.58. The van der Waals surface area contributed by atoms with Gasteiger partial charge in [0.25, 0.3) is 0 Å². The topological polar surface area (TPSA) is 99.2 Å². The summed E-state index contributed by atoms with van der Waals surface area (Å²) in [4.78, 5) is 16.0. The Morgan fingerprint density at radius 1 is 1.18 bits per heavy atom. The van der Waals surface area contributed by atoms with Crippen LogP contribution in [0.2, 0.25) is 0 Å². The lowest BCUT2D eigenvalue weighted by Gasteiger charge is -2.30. The number of nitrogens with one attached hydrogen (secondary N) is 1. The quantitative estimate of drug-likeness (QED) is 0.356. The number of ether oxygens (including phenoxy) is 1. The van der Waals surface area contributed by atoms with Crippen LogP contribution in [-0.4, -0.2) is 74.7 Å². The molecule has 0 radical (unpaired) electrons. The highest BCUT2D eigenvalue weighted by molar-refractivity contribution is 7.99. The molecule has 0 bridgehead atoms. The largest absolute Gasteiger partial charge is 0.379 e. The number of benzene rings is 2. The molecule has 0 aromatic heterocycles. The number of carbonyl (C=O) groups excluding carboxylic acids is 1. The van der Waals surface area contributed by atoms with E-state index < -0.39 is 15.9 Å². The van der Waals surface area contributed by atoms with Crippen molar-refractivity contribution < 1.29 is 23.2 Å². The highest BCUT2D eigenvalue weighted by Gasteiger charge is 2.27. The fourth-order valence-corrected chi connectivity index (χ4v) is 6.29. The first kappa shape index (κ1) is 26.7. The number of morpholine rings is 1. The van der Waals surface area contributed by atoms with E-state index in [-0.39, 0.29) is 23.8 Å². The van der Waals surface area contributed by atoms with Gasteiger partial charge in [-0.1, -0.05) is 36.4 Å². The van der Waals surface area contributed by atoms with E-state index in [0.29, 0.717) is 26.3 Å². The van der Waals surface area contributed by atoms with E-state index in [9.17, 15) is 13.2 Å². The minimum absolute atomic E-state index is 0.0339. The second kappa shape index (κ2) is 12.7. The van der Waals surface area contributed by atoms with Gasteiger partial charge in [-0.3, -0.25) is 14.9 Å². The van der Waals surface area contributed by atoms with Gasteiger partial charge in [-0.25, -0.2) is 13.9 Å². The van der Waals surface area contributed by atoms with E-state index in [2.05, 4.69) is 11.0 Å². The Hall–Kier alpha value is -1.95. The van der Waals surface area contributed by atoms with Gasteiger partial charge in [-0.15, -0.1) is 0 Å². The first-order chi connectivity index (χ1) is 16.3. The van der Waals surface area contributed by atoms with E-state index >= 15 is 0 Å². The molecule has 2 N–H and O–H groups in total. The summed E-state index contributed by atoms with van der Waals surface area (Å²) in [6.07, 6.45) is 0.0339. The zero-order valence-corrected chi connectivity index (χ0v) is 21.3. The van der Waals surface area contributed by atoms with Gasteiger partial charge in [0.2, 0.25) is 15.9 Å².